The molecule has 0 amide bonds. The standard InChI is InChI=1S/C27H22N2O4S2/c1-17-23(26(31)33-16-19-7-4-3-5-8-19)24(21-9-6-14-34-21)29-25(30)22(35-27(29)28-17)15-18-10-12-20(32-2)13-11-18/h3-15,24H,16H2,1-2H3/b22-15+/t24-/m0/s1. The van der Waals surface area contributed by atoms with E-state index in [1.165, 1.54) is 22.7 Å². The van der Waals surface area contributed by atoms with Crippen molar-refractivity contribution in [1.82, 2.24) is 4.57 Å². The summed E-state index contributed by atoms with van der Waals surface area (Å²) in [5.74, 6) is 0.272. The lowest BCUT2D eigenvalue weighted by Gasteiger charge is -2.23. The SMILES string of the molecule is COc1ccc(/C=c2/sc3n(c2=O)[C@@H](c2cccs2)C(C(=O)OCc2ccccc2)=C(C)N=3)cc1. The highest BCUT2D eigenvalue weighted by Gasteiger charge is 2.34. The van der Waals surface area contributed by atoms with Gasteiger partial charge in [0.1, 0.15) is 18.4 Å². The van der Waals surface area contributed by atoms with Gasteiger partial charge in [0.25, 0.3) is 5.56 Å². The molecular formula is C27H22N2O4S2. The number of esters is 1. The maximum Gasteiger partial charge on any atom is 0.338 e. The molecule has 3 heterocycles. The fourth-order valence-electron chi connectivity index (χ4n) is 3.95. The van der Waals surface area contributed by atoms with Crippen molar-refractivity contribution in [3.63, 3.8) is 0 Å². The summed E-state index contributed by atoms with van der Waals surface area (Å²) in [6.45, 7) is 1.94. The van der Waals surface area contributed by atoms with Crippen molar-refractivity contribution in [2.45, 2.75) is 19.6 Å². The Bertz CT molecular complexity index is 1560. The molecule has 35 heavy (non-hydrogen) atoms. The summed E-state index contributed by atoms with van der Waals surface area (Å²) in [4.78, 5) is 33.0. The summed E-state index contributed by atoms with van der Waals surface area (Å²) in [5, 5.41) is 1.94. The molecule has 0 aliphatic carbocycles. The van der Waals surface area contributed by atoms with Crippen molar-refractivity contribution < 1.29 is 14.3 Å². The number of carbonyl (C=O) groups is 1. The van der Waals surface area contributed by atoms with E-state index < -0.39 is 12.0 Å². The predicted octanol–water partition coefficient (Wildman–Crippen LogP) is 4.05. The molecule has 0 bridgehead atoms. The Kier molecular flexibility index (Phi) is 6.48. The summed E-state index contributed by atoms with van der Waals surface area (Å²) in [6.07, 6.45) is 1.83. The summed E-state index contributed by atoms with van der Waals surface area (Å²) in [7, 11) is 1.61. The Morgan fingerprint density at radius 3 is 2.54 bits per heavy atom. The minimum Gasteiger partial charge on any atom is -0.497 e. The number of carbonyl (C=O) groups excluding carboxylic acids is 1. The lowest BCUT2D eigenvalue weighted by atomic mass is 10.0. The van der Waals surface area contributed by atoms with Crippen LogP contribution in [0, 0.1) is 0 Å². The first-order valence-corrected chi connectivity index (χ1v) is 12.7. The second-order valence-corrected chi connectivity index (χ2v) is 9.92. The smallest absolute Gasteiger partial charge is 0.338 e. The molecule has 1 atom stereocenters. The van der Waals surface area contributed by atoms with Gasteiger partial charge in [0.05, 0.1) is 22.9 Å². The Morgan fingerprint density at radius 2 is 1.86 bits per heavy atom. The zero-order chi connectivity index (χ0) is 24.4. The van der Waals surface area contributed by atoms with Crippen LogP contribution in [0.3, 0.4) is 0 Å². The Balaban J connectivity index is 1.56. The third-order valence-electron chi connectivity index (χ3n) is 5.68. The van der Waals surface area contributed by atoms with Gasteiger partial charge in [-0.05, 0) is 47.7 Å². The van der Waals surface area contributed by atoms with Crippen molar-refractivity contribution in [3.8, 4) is 5.75 Å². The van der Waals surface area contributed by atoms with Gasteiger partial charge in [-0.1, -0.05) is 59.9 Å². The highest BCUT2D eigenvalue weighted by Crippen LogP contribution is 2.33. The number of rotatable bonds is 6. The van der Waals surface area contributed by atoms with Gasteiger partial charge in [0, 0.05) is 4.88 Å². The molecular weight excluding hydrogens is 480 g/mol. The van der Waals surface area contributed by atoms with E-state index in [1.54, 1.807) is 18.6 Å². The van der Waals surface area contributed by atoms with Gasteiger partial charge in [-0.2, -0.15) is 0 Å². The van der Waals surface area contributed by atoms with E-state index in [2.05, 4.69) is 4.99 Å². The van der Waals surface area contributed by atoms with Gasteiger partial charge in [0.2, 0.25) is 0 Å². The minimum atomic E-state index is -0.590. The first kappa shape index (κ1) is 23.0. The number of benzene rings is 2. The molecule has 0 N–H and O–H groups in total. The van der Waals surface area contributed by atoms with Crippen molar-refractivity contribution in [2.24, 2.45) is 4.99 Å². The molecule has 8 heteroatoms. The van der Waals surface area contributed by atoms with Gasteiger partial charge in [-0.15, -0.1) is 11.3 Å². The first-order chi connectivity index (χ1) is 17.0. The van der Waals surface area contributed by atoms with Crippen LogP contribution in [0.15, 0.2) is 93.2 Å². The monoisotopic (exact) mass is 502 g/mol. The molecule has 1 aliphatic heterocycles. The highest BCUT2D eigenvalue weighted by molar-refractivity contribution is 7.10. The van der Waals surface area contributed by atoms with Crippen LogP contribution >= 0.6 is 22.7 Å². The van der Waals surface area contributed by atoms with E-state index in [9.17, 15) is 9.59 Å². The van der Waals surface area contributed by atoms with E-state index in [1.807, 2.05) is 78.2 Å². The highest BCUT2D eigenvalue weighted by atomic mass is 32.1. The molecule has 2 aromatic carbocycles. The van der Waals surface area contributed by atoms with E-state index in [4.69, 9.17) is 9.47 Å². The lowest BCUT2D eigenvalue weighted by molar-refractivity contribution is -0.140. The number of nitrogens with zero attached hydrogens (tertiary/aromatic N) is 2. The molecule has 0 saturated carbocycles. The molecule has 6 nitrogen and oxygen atoms in total. The maximum atomic E-state index is 13.6. The van der Waals surface area contributed by atoms with Crippen LogP contribution < -0.4 is 19.6 Å². The molecule has 0 spiro atoms. The van der Waals surface area contributed by atoms with Gasteiger partial charge in [0.15, 0.2) is 4.80 Å². The van der Waals surface area contributed by atoms with Crippen molar-refractivity contribution in [2.75, 3.05) is 7.11 Å². The molecule has 176 valence electrons. The van der Waals surface area contributed by atoms with Crippen molar-refractivity contribution >= 4 is 34.7 Å². The second-order valence-electron chi connectivity index (χ2n) is 7.93. The third kappa shape index (κ3) is 4.62. The average Bonchev–Trinajstić information content (AvgIpc) is 3.51. The van der Waals surface area contributed by atoms with Gasteiger partial charge >= 0.3 is 5.97 Å². The van der Waals surface area contributed by atoms with Gasteiger partial charge < -0.3 is 9.47 Å². The number of aromatic nitrogens is 1. The van der Waals surface area contributed by atoms with Gasteiger partial charge in [-0.3, -0.25) is 9.36 Å². The van der Waals surface area contributed by atoms with E-state index in [0.29, 0.717) is 20.6 Å². The van der Waals surface area contributed by atoms with Crippen LogP contribution in [-0.4, -0.2) is 17.6 Å². The quantitative estimate of drug-likeness (QED) is 0.373. The fraction of sp³-hybridized carbons (Fsp3) is 0.148. The Morgan fingerprint density at radius 1 is 1.09 bits per heavy atom. The summed E-state index contributed by atoms with van der Waals surface area (Å²) in [5.41, 5.74) is 2.51. The summed E-state index contributed by atoms with van der Waals surface area (Å²) in [6, 6.07) is 20.3. The third-order valence-corrected chi connectivity index (χ3v) is 7.59. The van der Waals surface area contributed by atoms with Gasteiger partial charge in [-0.25, -0.2) is 9.79 Å². The zero-order valence-corrected chi connectivity index (χ0v) is 20.8. The number of thiazole rings is 1. The van der Waals surface area contributed by atoms with Crippen LogP contribution in [0.1, 0.15) is 29.0 Å². The molecule has 4 aromatic rings. The number of fused-ring (bicyclic) bond motifs is 1. The number of methoxy groups -OCH3 is 1. The Labute approximate surface area is 209 Å². The zero-order valence-electron chi connectivity index (χ0n) is 19.1. The van der Waals surface area contributed by atoms with Crippen molar-refractivity contribution in [3.05, 3.63) is 119 Å². The molecule has 0 radical (unpaired) electrons. The van der Waals surface area contributed by atoms with E-state index >= 15 is 0 Å². The van der Waals surface area contributed by atoms with Crippen LogP contribution in [0.5, 0.6) is 5.75 Å². The number of hydrogen-bond donors (Lipinski definition) is 0. The van der Waals surface area contributed by atoms with Crippen LogP contribution in [0.25, 0.3) is 6.08 Å². The van der Waals surface area contributed by atoms with Crippen molar-refractivity contribution in [1.29, 1.82) is 0 Å². The number of thiophene rings is 1. The minimum absolute atomic E-state index is 0.148. The predicted molar refractivity (Wildman–Crippen MR) is 137 cm³/mol. The fourth-order valence-corrected chi connectivity index (χ4v) is 5.82. The number of ether oxygens (including phenoxy) is 2. The second kappa shape index (κ2) is 9.85. The molecule has 0 unspecified atom stereocenters. The molecule has 0 saturated heterocycles. The first-order valence-electron chi connectivity index (χ1n) is 11.0. The van der Waals surface area contributed by atoms with Crippen LogP contribution in [0.4, 0.5) is 0 Å². The normalized spacial score (nSPS) is 15.5. The molecule has 5 rings (SSSR count). The molecule has 0 fully saturated rings. The van der Waals surface area contributed by atoms with Crippen LogP contribution in [-0.2, 0) is 16.1 Å². The summed E-state index contributed by atoms with van der Waals surface area (Å²) < 4.78 is 13.0. The number of allylic oxidation sites excluding steroid dienone is 1. The largest absolute Gasteiger partial charge is 0.497 e. The maximum absolute atomic E-state index is 13.6. The summed E-state index contributed by atoms with van der Waals surface area (Å²) >= 11 is 2.80. The number of hydrogen-bond acceptors (Lipinski definition) is 7. The molecule has 1 aliphatic rings. The topological polar surface area (TPSA) is 69.9 Å². The van der Waals surface area contributed by atoms with E-state index in [0.717, 1.165) is 21.8 Å². The molecule has 2 aromatic heterocycles. The van der Waals surface area contributed by atoms with E-state index in [-0.39, 0.29) is 12.2 Å². The average molecular weight is 503 g/mol. The lowest BCUT2D eigenvalue weighted by Crippen LogP contribution is -2.39. The Hall–Kier alpha value is -3.75. The van der Waals surface area contributed by atoms with Crippen LogP contribution in [0.2, 0.25) is 0 Å².